The Bertz CT molecular complexity index is 51.7. The van der Waals surface area contributed by atoms with Gasteiger partial charge in [-0.25, -0.2) is 9.78 Å². The van der Waals surface area contributed by atoms with E-state index in [1.165, 1.54) is 0 Å². The van der Waals surface area contributed by atoms with Crippen LogP contribution in [0.5, 0.6) is 0 Å². The Hall–Kier alpha value is 0.400. The van der Waals surface area contributed by atoms with Gasteiger partial charge in [0.2, 0.25) is 0 Å². The van der Waals surface area contributed by atoms with Gasteiger partial charge in [-0.05, 0) is 6.42 Å². The Kier molecular flexibility index (Phi) is 2.09. The number of alkyl halides is 1. The van der Waals surface area contributed by atoms with Crippen LogP contribution in [0.4, 0.5) is 0 Å². The van der Waals surface area contributed by atoms with Gasteiger partial charge in [0.25, 0.3) is 0 Å². The average molecular weight is 167 g/mol. The van der Waals surface area contributed by atoms with Gasteiger partial charge in [-0.2, -0.15) is 0 Å². The van der Waals surface area contributed by atoms with Crippen LogP contribution in [0, 0.1) is 0 Å². The molecule has 1 unspecified atom stereocenters. The lowest BCUT2D eigenvalue weighted by atomic mass is 10.3. The second kappa shape index (κ2) is 2.64. The molecule has 1 atom stereocenters. The molecule has 0 spiro atoms. The van der Waals surface area contributed by atoms with E-state index in [1.807, 2.05) is 0 Å². The van der Waals surface area contributed by atoms with Gasteiger partial charge < -0.3 is 0 Å². The normalized spacial score (nSPS) is 33.0. The van der Waals surface area contributed by atoms with Crippen molar-refractivity contribution >= 4 is 15.9 Å². The molecule has 7 heavy (non-hydrogen) atoms. The van der Waals surface area contributed by atoms with Crippen LogP contribution in [0.2, 0.25) is 0 Å². The predicted octanol–water partition coefficient (Wildman–Crippen LogP) is 1.10. The van der Waals surface area contributed by atoms with Crippen molar-refractivity contribution < 1.29 is 9.78 Å². The minimum atomic E-state index is 0.501. The molecule has 2 nitrogen and oxygen atoms in total. The molecule has 0 aromatic rings. The summed E-state index contributed by atoms with van der Waals surface area (Å²) in [6, 6.07) is 0. The third-order valence-electron chi connectivity index (χ3n) is 0.847. The molecule has 0 bridgehead atoms. The lowest BCUT2D eigenvalue weighted by Crippen LogP contribution is -2.18. The summed E-state index contributed by atoms with van der Waals surface area (Å²) in [5, 5.41) is 0. The van der Waals surface area contributed by atoms with Gasteiger partial charge in [-0.3, -0.25) is 0 Å². The van der Waals surface area contributed by atoms with Gasteiger partial charge in [0, 0.05) is 4.83 Å². The van der Waals surface area contributed by atoms with Crippen molar-refractivity contribution in [2.75, 3.05) is 13.2 Å². The summed E-state index contributed by atoms with van der Waals surface area (Å²) in [4.78, 5) is 9.75. The number of halogens is 1. The monoisotopic (exact) mass is 166 g/mol. The molecule has 0 N–H and O–H groups in total. The first-order chi connectivity index (χ1) is 3.39. The first-order valence-electron chi connectivity index (χ1n) is 2.28. The fourth-order valence-electron chi connectivity index (χ4n) is 0.440. The average Bonchev–Trinajstić information content (AvgIpc) is 1.69. The first kappa shape index (κ1) is 5.54. The number of hydrogen-bond donors (Lipinski definition) is 0. The molecule has 0 radical (unpaired) electrons. The summed E-state index contributed by atoms with van der Waals surface area (Å²) in [6.45, 7) is 1.40. The van der Waals surface area contributed by atoms with E-state index in [9.17, 15) is 0 Å². The topological polar surface area (TPSA) is 18.5 Å². The lowest BCUT2D eigenvalue weighted by molar-refractivity contribution is -0.310. The van der Waals surface area contributed by atoms with E-state index in [0.717, 1.165) is 13.0 Å². The molecule has 1 fully saturated rings. The van der Waals surface area contributed by atoms with Gasteiger partial charge in [0.15, 0.2) is 0 Å². The summed E-state index contributed by atoms with van der Waals surface area (Å²) < 4.78 is 0. The zero-order valence-corrected chi connectivity index (χ0v) is 5.48. The first-order valence-corrected chi connectivity index (χ1v) is 3.19. The van der Waals surface area contributed by atoms with Gasteiger partial charge in [0.1, 0.15) is 0 Å². The van der Waals surface area contributed by atoms with Crippen LogP contribution < -0.4 is 0 Å². The summed E-state index contributed by atoms with van der Waals surface area (Å²) in [5.41, 5.74) is 0. The second-order valence-electron chi connectivity index (χ2n) is 1.49. The molecule has 0 aromatic carbocycles. The minimum absolute atomic E-state index is 0.501. The van der Waals surface area contributed by atoms with Crippen LogP contribution in [0.1, 0.15) is 6.42 Å². The third-order valence-corrected chi connectivity index (χ3v) is 1.57. The van der Waals surface area contributed by atoms with E-state index < -0.39 is 0 Å². The smallest absolute Gasteiger partial charge is 0.0948 e. The molecule has 1 aliphatic heterocycles. The summed E-state index contributed by atoms with van der Waals surface area (Å²) >= 11 is 3.38. The van der Waals surface area contributed by atoms with Crippen molar-refractivity contribution in [1.29, 1.82) is 0 Å². The Morgan fingerprint density at radius 3 is 2.57 bits per heavy atom. The van der Waals surface area contributed by atoms with Crippen molar-refractivity contribution in [1.82, 2.24) is 0 Å². The van der Waals surface area contributed by atoms with Crippen LogP contribution in [0.25, 0.3) is 0 Å². The molecule has 1 heterocycles. The van der Waals surface area contributed by atoms with Gasteiger partial charge in [-0.15, -0.1) is 0 Å². The Balaban J connectivity index is 2.12. The highest BCUT2D eigenvalue weighted by molar-refractivity contribution is 9.09. The number of rotatable bonds is 0. The third kappa shape index (κ3) is 1.76. The fraction of sp³-hybridized carbons (Fsp3) is 1.00. The maximum atomic E-state index is 4.63. The molecule has 1 aliphatic rings. The van der Waals surface area contributed by atoms with Crippen LogP contribution >= 0.6 is 15.9 Å². The van der Waals surface area contributed by atoms with Crippen LogP contribution in [0.15, 0.2) is 0 Å². The number of hydrogen-bond acceptors (Lipinski definition) is 2. The highest BCUT2D eigenvalue weighted by atomic mass is 79.9. The maximum absolute atomic E-state index is 4.63. The van der Waals surface area contributed by atoms with Crippen LogP contribution in [-0.4, -0.2) is 18.0 Å². The molecule has 3 heteroatoms. The van der Waals surface area contributed by atoms with Crippen molar-refractivity contribution in [2.45, 2.75) is 11.2 Å². The lowest BCUT2D eigenvalue weighted by Gasteiger charge is -2.14. The highest BCUT2D eigenvalue weighted by Crippen LogP contribution is 2.10. The molecule has 0 aliphatic carbocycles. The van der Waals surface area contributed by atoms with Crippen molar-refractivity contribution in [3.63, 3.8) is 0 Å². The zero-order valence-electron chi connectivity index (χ0n) is 3.89. The standard InChI is InChI=1S/C4H7BrO2/c5-4-1-2-6-7-3-4/h4H,1-3H2. The quantitative estimate of drug-likeness (QED) is 0.397. The second-order valence-corrected chi connectivity index (χ2v) is 2.79. The van der Waals surface area contributed by atoms with E-state index in [2.05, 4.69) is 25.7 Å². The molecule has 0 aromatic heterocycles. The molecule has 1 rings (SSSR count). The van der Waals surface area contributed by atoms with E-state index in [1.54, 1.807) is 0 Å². The summed E-state index contributed by atoms with van der Waals surface area (Å²) in [6.07, 6.45) is 1.06. The van der Waals surface area contributed by atoms with E-state index in [4.69, 9.17) is 0 Å². The Labute approximate surface area is 50.9 Å². The fourth-order valence-corrected chi connectivity index (χ4v) is 0.735. The van der Waals surface area contributed by atoms with Crippen LogP contribution in [-0.2, 0) is 9.78 Å². The molecule has 0 saturated carbocycles. The van der Waals surface area contributed by atoms with Crippen LogP contribution in [0.3, 0.4) is 0 Å². The van der Waals surface area contributed by atoms with E-state index in [0.29, 0.717) is 11.4 Å². The van der Waals surface area contributed by atoms with E-state index in [-0.39, 0.29) is 0 Å². The molecule has 42 valence electrons. The molecule has 1 saturated heterocycles. The summed E-state index contributed by atoms with van der Waals surface area (Å²) in [7, 11) is 0. The largest absolute Gasteiger partial charge is 0.237 e. The SMILES string of the molecule is BrC1CCOOC1. The minimum Gasteiger partial charge on any atom is -0.237 e. The maximum Gasteiger partial charge on any atom is 0.0948 e. The molecule has 0 amide bonds. The zero-order chi connectivity index (χ0) is 5.11. The highest BCUT2D eigenvalue weighted by Gasteiger charge is 2.09. The predicted molar refractivity (Wildman–Crippen MR) is 29.2 cm³/mol. The summed E-state index contributed by atoms with van der Waals surface area (Å²) in [5.74, 6) is 0. The van der Waals surface area contributed by atoms with Crippen molar-refractivity contribution in [2.24, 2.45) is 0 Å². The van der Waals surface area contributed by atoms with Gasteiger partial charge in [-0.1, -0.05) is 15.9 Å². The molecular formula is C4H7BrO2. The van der Waals surface area contributed by atoms with E-state index >= 15 is 0 Å². The Morgan fingerprint density at radius 1 is 1.43 bits per heavy atom. The Morgan fingerprint density at radius 2 is 2.29 bits per heavy atom. The molecular weight excluding hydrogens is 160 g/mol. The van der Waals surface area contributed by atoms with Gasteiger partial charge in [0.05, 0.1) is 13.2 Å². The van der Waals surface area contributed by atoms with Crippen molar-refractivity contribution in [3.8, 4) is 0 Å². The van der Waals surface area contributed by atoms with Crippen molar-refractivity contribution in [3.05, 3.63) is 0 Å². The van der Waals surface area contributed by atoms with Gasteiger partial charge >= 0.3 is 0 Å².